The molecule has 0 N–H and O–H groups in total. The van der Waals surface area contributed by atoms with Crippen LogP contribution in [0.15, 0.2) is 70.5 Å². The number of piperazine rings is 2. The maximum absolute atomic E-state index is 17.6. The number of amides is 4. The summed E-state index contributed by atoms with van der Waals surface area (Å²) in [5.41, 5.74) is -1.56. The molecule has 0 aliphatic carbocycles. The third-order valence-corrected chi connectivity index (χ3v) is 21.7. The van der Waals surface area contributed by atoms with Crippen LogP contribution in [0.2, 0.25) is 5.02 Å². The van der Waals surface area contributed by atoms with Crippen LogP contribution in [-0.2, 0) is 28.4 Å². The number of fused-ring (bicyclic) bond motifs is 10. The lowest BCUT2D eigenvalue weighted by atomic mass is 9.73. The van der Waals surface area contributed by atoms with Crippen molar-refractivity contribution in [3.63, 3.8) is 0 Å². The molecule has 5 aliphatic heterocycles. The van der Waals surface area contributed by atoms with Crippen molar-refractivity contribution in [2.45, 2.75) is 197 Å². The highest BCUT2D eigenvalue weighted by atomic mass is 35.5. The molecule has 112 heavy (non-hydrogen) atoms. The zero-order valence-corrected chi connectivity index (χ0v) is 67.5. The normalized spacial score (nSPS) is 18.5. The van der Waals surface area contributed by atoms with E-state index >= 15 is 17.6 Å². The number of likely N-dealkylation sites (N-methyl/N-ethyl adjacent to an activating group) is 2. The SMILES string of the molecule is Cc1ccc(F)c(C#N)c1-c1c(F)cc2c3c(c(=O)n(-c4c(C)ccnc4C(C)C)c2c1F)N(C)C(=O)[C@H]1CN(C(=O)OC(C)(C)C)[C@H](C)CN31.Cc1ccc(F)c(C#N)c1B1OC(C)(C)C(C)(C)O1.Cc1ccnc(C(C)C)c1-n1c(=O)c2c(c3cc(F)c(Cl)c(F)c31)N1C[C@@H](C)N(C(=O)OC(C)(C)C)C[C@@H]1C(=O)N2C. The number of nitrogens with zero attached hydrogens (tertiary/aromatic N) is 12. The first-order valence-electron chi connectivity index (χ1n) is 36.7. The van der Waals surface area contributed by atoms with Gasteiger partial charge < -0.3 is 48.2 Å². The van der Waals surface area contributed by atoms with E-state index in [4.69, 9.17) is 35.6 Å². The average molecular weight is 1560 g/mol. The molecule has 5 aliphatic rings. The molecule has 8 aromatic rings. The van der Waals surface area contributed by atoms with Gasteiger partial charge in [-0.3, -0.25) is 38.3 Å². The van der Waals surface area contributed by atoms with Gasteiger partial charge in [-0.25, -0.2) is 35.9 Å². The van der Waals surface area contributed by atoms with Gasteiger partial charge in [0.05, 0.1) is 86.2 Å². The fraction of sp³-hybridized carbons (Fsp3) is 0.439. The Morgan fingerprint density at radius 2 is 0.946 bits per heavy atom. The van der Waals surface area contributed by atoms with Crippen molar-refractivity contribution >= 4 is 92.7 Å². The van der Waals surface area contributed by atoms with Crippen LogP contribution in [0.1, 0.15) is 167 Å². The van der Waals surface area contributed by atoms with Crippen molar-refractivity contribution in [3.05, 3.63) is 166 Å². The Labute approximate surface area is 651 Å². The maximum atomic E-state index is 17.6. The van der Waals surface area contributed by atoms with Crippen LogP contribution in [0.3, 0.4) is 0 Å². The largest absolute Gasteiger partial charge is 0.496 e. The van der Waals surface area contributed by atoms with E-state index in [9.17, 15) is 42.8 Å². The molecule has 0 radical (unpaired) electrons. The highest BCUT2D eigenvalue weighted by Crippen LogP contribution is 2.49. The molecule has 4 aromatic carbocycles. The Morgan fingerprint density at radius 3 is 1.35 bits per heavy atom. The molecule has 13 rings (SSSR count). The van der Waals surface area contributed by atoms with E-state index in [0.29, 0.717) is 33.7 Å². The van der Waals surface area contributed by atoms with Crippen LogP contribution < -0.4 is 36.2 Å². The number of pyridine rings is 4. The van der Waals surface area contributed by atoms with Crippen LogP contribution in [0.5, 0.6) is 0 Å². The lowest BCUT2D eigenvalue weighted by molar-refractivity contribution is -0.121. The zero-order valence-electron chi connectivity index (χ0n) is 66.7. The van der Waals surface area contributed by atoms with Gasteiger partial charge in [0, 0.05) is 73.5 Å². The quantitative estimate of drug-likeness (QED) is 0.0853. The van der Waals surface area contributed by atoms with Crippen molar-refractivity contribution in [3.8, 4) is 34.6 Å². The van der Waals surface area contributed by atoms with E-state index in [1.807, 2.05) is 68.4 Å². The molecule has 3 fully saturated rings. The third kappa shape index (κ3) is 14.2. The van der Waals surface area contributed by atoms with Gasteiger partial charge in [-0.1, -0.05) is 51.4 Å². The Kier molecular flexibility index (Phi) is 22.0. The van der Waals surface area contributed by atoms with Crippen LogP contribution in [0.25, 0.3) is 44.3 Å². The number of hydrogen-bond donors (Lipinski definition) is 0. The first-order valence-corrected chi connectivity index (χ1v) is 37.1. The van der Waals surface area contributed by atoms with Gasteiger partial charge in [-0.05, 0) is 181 Å². The highest BCUT2D eigenvalue weighted by Gasteiger charge is 2.54. The van der Waals surface area contributed by atoms with E-state index in [1.165, 1.54) is 52.8 Å². The second kappa shape index (κ2) is 29.9. The Hall–Kier alpha value is -10.5. The highest BCUT2D eigenvalue weighted by molar-refractivity contribution is 6.63. The van der Waals surface area contributed by atoms with E-state index in [2.05, 4.69) is 9.97 Å². The molecule has 4 aromatic heterocycles. The van der Waals surface area contributed by atoms with E-state index in [0.717, 1.165) is 32.9 Å². The molecule has 3 saturated heterocycles. The Morgan fingerprint density at radius 1 is 0.554 bits per heavy atom. The number of carbonyl (C=O) groups is 4. The molecule has 0 spiro atoms. The molecular weight excluding hydrogens is 1470 g/mol. The molecule has 4 amide bonds. The Bertz CT molecular complexity index is 5480. The first-order chi connectivity index (χ1) is 52.1. The third-order valence-electron chi connectivity index (χ3n) is 21.3. The second-order valence-electron chi connectivity index (χ2n) is 32.7. The van der Waals surface area contributed by atoms with Crippen LogP contribution >= 0.6 is 11.6 Å². The van der Waals surface area contributed by atoms with Gasteiger partial charge in [0.15, 0.2) is 11.6 Å². The average Bonchev–Trinajstić information content (AvgIpc) is 1.04. The monoisotopic (exact) mass is 1560 g/mol. The first kappa shape index (κ1) is 82.5. The fourth-order valence-electron chi connectivity index (χ4n) is 15.2. The summed E-state index contributed by atoms with van der Waals surface area (Å²) in [7, 11) is 2.16. The van der Waals surface area contributed by atoms with Gasteiger partial charge in [-0.15, -0.1) is 0 Å². The van der Waals surface area contributed by atoms with Crippen molar-refractivity contribution in [2.24, 2.45) is 0 Å². The minimum absolute atomic E-state index is 0.00139. The number of benzene rings is 4. The topological polar surface area (TPSA) is 242 Å². The number of nitriles is 2. The molecule has 0 saturated carbocycles. The number of aryl methyl sites for hydroxylation is 4. The standard InChI is InChI=1S/C38H39F3N6O4.C30H34ClF2N5O4.C14H17BFNO2/c1-18(2)30-31(20(4)12-13-43-30)47-32-22(14-25(40)28(29(32)41)27-19(3)10-11-24(39)23(27)15-42)33-34(36(47)49)44(9)35(48)26-17-45(21(5)16-46(26)33)37(50)51-38(6,7)8;1-14(2)22-23(15(3)9-10-34-22)38-24-17(11-18(32)20(31)21(24)33)25-26(28(38)40)35(8)27(39)19-13-36(16(4)12-37(19)25)29(41)42-30(5,6)7;1-9-6-7-11(16)10(8-17)12(9)15-18-13(2,3)14(4,5)19-15/h10-14,18,21,26H,16-17H2,1-9H3;9-11,14,16,19H,12-13H2,1-8H3;6-7H,1-5H3/t21-,26-;16-,19-;/m11./s1. The fourth-order valence-corrected chi connectivity index (χ4v) is 15.3. The summed E-state index contributed by atoms with van der Waals surface area (Å²) in [6, 6.07) is 11.6. The molecule has 30 heteroatoms. The van der Waals surface area contributed by atoms with Gasteiger partial charge >= 0.3 is 19.3 Å². The molecule has 4 atom stereocenters. The predicted molar refractivity (Wildman–Crippen MR) is 417 cm³/mol. The lowest BCUT2D eigenvalue weighted by Gasteiger charge is -2.50. The molecule has 0 bridgehead atoms. The molecule has 9 heterocycles. The summed E-state index contributed by atoms with van der Waals surface area (Å²) in [5.74, 6) is -7.21. The maximum Gasteiger partial charge on any atom is 0.496 e. The zero-order chi connectivity index (χ0) is 82.8. The molecular formula is C82H90BClF6N12O10. The van der Waals surface area contributed by atoms with Crippen LogP contribution in [0.4, 0.5) is 58.7 Å². The van der Waals surface area contributed by atoms with E-state index in [1.54, 1.807) is 116 Å². The van der Waals surface area contributed by atoms with Gasteiger partial charge in [0.2, 0.25) is 0 Å². The number of ether oxygens (including phenoxy) is 2. The van der Waals surface area contributed by atoms with Gasteiger partial charge in [-0.2, -0.15) is 10.5 Å². The van der Waals surface area contributed by atoms with E-state index in [-0.39, 0.29) is 105 Å². The van der Waals surface area contributed by atoms with E-state index < -0.39 is 140 Å². The van der Waals surface area contributed by atoms with Crippen LogP contribution in [0, 0.1) is 85.3 Å². The van der Waals surface area contributed by atoms with Crippen molar-refractivity contribution in [2.75, 3.05) is 59.9 Å². The summed E-state index contributed by atoms with van der Waals surface area (Å²) in [6.45, 7) is 36.0. The number of hydrogen-bond acceptors (Lipinski definition) is 16. The van der Waals surface area contributed by atoms with Crippen molar-refractivity contribution < 1.29 is 64.3 Å². The molecule has 0 unspecified atom stereocenters. The number of anilines is 4. The van der Waals surface area contributed by atoms with Gasteiger partial charge in [0.1, 0.15) is 75.1 Å². The predicted octanol–water partition coefficient (Wildman–Crippen LogP) is 14.7. The molecule has 590 valence electrons. The number of rotatable bonds is 6. The summed E-state index contributed by atoms with van der Waals surface area (Å²) in [6.07, 6.45) is 1.98. The number of carbonyl (C=O) groups excluding carboxylic acids is 4. The van der Waals surface area contributed by atoms with Crippen molar-refractivity contribution in [1.82, 2.24) is 28.9 Å². The summed E-state index contributed by atoms with van der Waals surface area (Å²) < 4.78 is 119. The number of aromatic nitrogens is 4. The minimum Gasteiger partial charge on any atom is -0.444 e. The summed E-state index contributed by atoms with van der Waals surface area (Å²) in [5, 5.41) is 18.3. The molecule has 22 nitrogen and oxygen atoms in total. The minimum atomic E-state index is -1.19. The summed E-state index contributed by atoms with van der Waals surface area (Å²) >= 11 is 6.10. The summed E-state index contributed by atoms with van der Waals surface area (Å²) in [4.78, 5) is 101. The Balaban J connectivity index is 0.000000182. The van der Waals surface area contributed by atoms with Crippen LogP contribution in [-0.4, -0.2) is 147 Å². The second-order valence-corrected chi connectivity index (χ2v) is 33.1. The number of halogens is 7. The van der Waals surface area contributed by atoms with Gasteiger partial charge in [0.25, 0.3) is 22.9 Å². The smallest absolute Gasteiger partial charge is 0.444 e. The lowest BCUT2D eigenvalue weighted by Crippen LogP contribution is -2.66. The van der Waals surface area contributed by atoms with Crippen molar-refractivity contribution in [1.29, 1.82) is 10.5 Å².